The van der Waals surface area contributed by atoms with Crippen LogP contribution in [0.5, 0.6) is 0 Å². The molecule has 6 nitrogen and oxygen atoms in total. The molecule has 0 bridgehead atoms. The monoisotopic (exact) mass is 297 g/mol. The predicted molar refractivity (Wildman–Crippen MR) is 87.5 cm³/mol. The molecule has 1 rings (SSSR count). The van der Waals surface area contributed by atoms with Gasteiger partial charge in [-0.15, -0.1) is 0 Å². The van der Waals surface area contributed by atoms with E-state index in [-0.39, 0.29) is 12.5 Å². The highest BCUT2D eigenvalue weighted by atomic mass is 16.2. The van der Waals surface area contributed by atoms with Crippen molar-refractivity contribution in [1.29, 1.82) is 0 Å². The lowest BCUT2D eigenvalue weighted by atomic mass is 10.1. The van der Waals surface area contributed by atoms with Crippen LogP contribution in [-0.2, 0) is 4.79 Å². The van der Waals surface area contributed by atoms with E-state index in [9.17, 15) is 4.79 Å². The van der Waals surface area contributed by atoms with Crippen LogP contribution in [0, 0.1) is 5.92 Å². The van der Waals surface area contributed by atoms with E-state index in [1.54, 1.807) is 19.0 Å². The third-order valence-electron chi connectivity index (χ3n) is 3.68. The summed E-state index contributed by atoms with van der Waals surface area (Å²) in [6.07, 6.45) is 2.46. The Morgan fingerprint density at radius 3 is 2.71 bits per heavy atom. The summed E-state index contributed by atoms with van der Waals surface area (Å²) in [4.78, 5) is 20.0. The fourth-order valence-electron chi connectivity index (χ4n) is 2.47. The van der Waals surface area contributed by atoms with Crippen LogP contribution in [0.1, 0.15) is 26.7 Å². The molecule has 1 atom stereocenters. The zero-order chi connectivity index (χ0) is 15.7. The molecule has 1 unspecified atom stereocenters. The minimum atomic E-state index is 0.0159. The zero-order valence-corrected chi connectivity index (χ0v) is 14.0. The van der Waals surface area contributed by atoms with E-state index in [1.165, 1.54) is 25.9 Å². The van der Waals surface area contributed by atoms with Gasteiger partial charge in [-0.25, -0.2) is 4.99 Å². The van der Waals surface area contributed by atoms with Crippen molar-refractivity contribution in [2.24, 2.45) is 10.9 Å². The number of likely N-dealkylation sites (N-methyl/N-ethyl adjacent to an activating group) is 1. The van der Waals surface area contributed by atoms with Gasteiger partial charge in [0.05, 0.1) is 0 Å². The Labute approximate surface area is 129 Å². The molecule has 0 aliphatic carbocycles. The summed E-state index contributed by atoms with van der Waals surface area (Å²) in [6, 6.07) is 0. The Morgan fingerprint density at radius 1 is 1.33 bits per heavy atom. The van der Waals surface area contributed by atoms with Gasteiger partial charge in [-0.3, -0.25) is 4.79 Å². The molecule has 1 heterocycles. The summed E-state index contributed by atoms with van der Waals surface area (Å²) in [7, 11) is 3.50. The van der Waals surface area contributed by atoms with E-state index >= 15 is 0 Å². The first-order valence-electron chi connectivity index (χ1n) is 8.01. The van der Waals surface area contributed by atoms with Crippen molar-refractivity contribution in [2.45, 2.75) is 26.7 Å². The molecule has 0 aromatic heterocycles. The molecule has 2 N–H and O–H groups in total. The molecular formula is C15H31N5O. The standard InChI is InChI=1S/C15H31N5O/c1-5-8-20-9-7-13(12-20)10-17-15(16-6-2)18-11-14(21)19(3)4/h13H,5-12H2,1-4H3,(H2,16,17,18). The number of guanidine groups is 1. The van der Waals surface area contributed by atoms with Crippen LogP contribution < -0.4 is 10.6 Å². The van der Waals surface area contributed by atoms with E-state index in [2.05, 4.69) is 27.4 Å². The molecule has 1 aliphatic heterocycles. The number of likely N-dealkylation sites (tertiary alicyclic amines) is 1. The SMILES string of the molecule is CCCN1CCC(CNC(=NCC(=O)N(C)C)NCC)C1. The van der Waals surface area contributed by atoms with E-state index in [0.717, 1.165) is 25.6 Å². The highest BCUT2D eigenvalue weighted by Crippen LogP contribution is 2.15. The van der Waals surface area contributed by atoms with E-state index in [1.807, 2.05) is 6.92 Å². The highest BCUT2D eigenvalue weighted by molar-refractivity contribution is 5.84. The van der Waals surface area contributed by atoms with Gasteiger partial charge in [0.15, 0.2) is 5.96 Å². The lowest BCUT2D eigenvalue weighted by Gasteiger charge is -2.17. The van der Waals surface area contributed by atoms with Crippen molar-refractivity contribution in [2.75, 3.05) is 53.4 Å². The number of rotatable bonds is 7. The summed E-state index contributed by atoms with van der Waals surface area (Å²) < 4.78 is 0. The summed E-state index contributed by atoms with van der Waals surface area (Å²) in [6.45, 7) is 9.73. The van der Waals surface area contributed by atoms with Gasteiger partial charge in [0, 0.05) is 33.7 Å². The number of nitrogens with one attached hydrogen (secondary N) is 2. The fraction of sp³-hybridized carbons (Fsp3) is 0.867. The van der Waals surface area contributed by atoms with Gasteiger partial charge in [-0.2, -0.15) is 0 Å². The molecular weight excluding hydrogens is 266 g/mol. The molecule has 0 saturated carbocycles. The molecule has 0 radical (unpaired) electrons. The number of carbonyl (C=O) groups excluding carboxylic acids is 1. The Balaban J connectivity index is 2.37. The number of amides is 1. The minimum absolute atomic E-state index is 0.0159. The van der Waals surface area contributed by atoms with Gasteiger partial charge < -0.3 is 20.4 Å². The van der Waals surface area contributed by atoms with Crippen LogP contribution in [0.3, 0.4) is 0 Å². The van der Waals surface area contributed by atoms with Crippen LogP contribution in [0.15, 0.2) is 4.99 Å². The Hall–Kier alpha value is -1.30. The van der Waals surface area contributed by atoms with Gasteiger partial charge >= 0.3 is 0 Å². The summed E-state index contributed by atoms with van der Waals surface area (Å²) in [5.74, 6) is 1.42. The Bertz CT molecular complexity index is 343. The van der Waals surface area contributed by atoms with Gasteiger partial charge in [0.2, 0.25) is 5.91 Å². The van der Waals surface area contributed by atoms with E-state index < -0.39 is 0 Å². The summed E-state index contributed by atoms with van der Waals surface area (Å²) >= 11 is 0. The quantitative estimate of drug-likeness (QED) is 0.526. The number of hydrogen-bond acceptors (Lipinski definition) is 3. The number of nitrogens with zero attached hydrogens (tertiary/aromatic N) is 3. The lowest BCUT2D eigenvalue weighted by molar-refractivity contribution is -0.127. The van der Waals surface area contributed by atoms with Gasteiger partial charge in [0.25, 0.3) is 0 Å². The molecule has 0 spiro atoms. The maximum Gasteiger partial charge on any atom is 0.243 e. The van der Waals surface area contributed by atoms with Crippen molar-refractivity contribution < 1.29 is 4.79 Å². The Kier molecular flexibility index (Phi) is 8.12. The third-order valence-corrected chi connectivity index (χ3v) is 3.68. The van der Waals surface area contributed by atoms with Crippen LogP contribution >= 0.6 is 0 Å². The third kappa shape index (κ3) is 6.80. The largest absolute Gasteiger partial charge is 0.357 e. The summed E-state index contributed by atoms with van der Waals surface area (Å²) in [5.41, 5.74) is 0. The smallest absolute Gasteiger partial charge is 0.243 e. The topological polar surface area (TPSA) is 60.0 Å². The molecule has 1 aliphatic rings. The molecule has 0 aromatic carbocycles. The minimum Gasteiger partial charge on any atom is -0.357 e. The van der Waals surface area contributed by atoms with Crippen molar-refractivity contribution in [3.8, 4) is 0 Å². The second-order valence-corrected chi connectivity index (χ2v) is 5.82. The van der Waals surface area contributed by atoms with Crippen molar-refractivity contribution >= 4 is 11.9 Å². The van der Waals surface area contributed by atoms with Crippen LogP contribution in [-0.4, -0.2) is 75.0 Å². The Morgan fingerprint density at radius 2 is 2.10 bits per heavy atom. The van der Waals surface area contributed by atoms with Crippen LogP contribution in [0.25, 0.3) is 0 Å². The first-order valence-corrected chi connectivity index (χ1v) is 8.01. The maximum atomic E-state index is 11.6. The molecule has 122 valence electrons. The highest BCUT2D eigenvalue weighted by Gasteiger charge is 2.21. The predicted octanol–water partition coefficient (Wildman–Crippen LogP) is 0.362. The molecule has 21 heavy (non-hydrogen) atoms. The number of carbonyl (C=O) groups is 1. The second-order valence-electron chi connectivity index (χ2n) is 5.82. The molecule has 1 fully saturated rings. The van der Waals surface area contributed by atoms with Crippen molar-refractivity contribution in [1.82, 2.24) is 20.4 Å². The van der Waals surface area contributed by atoms with Crippen LogP contribution in [0.4, 0.5) is 0 Å². The lowest BCUT2D eigenvalue weighted by Crippen LogP contribution is -2.41. The molecule has 1 amide bonds. The van der Waals surface area contributed by atoms with Crippen LogP contribution in [0.2, 0.25) is 0 Å². The first-order chi connectivity index (χ1) is 10.1. The molecule has 6 heteroatoms. The van der Waals surface area contributed by atoms with Gasteiger partial charge in [-0.1, -0.05) is 6.92 Å². The normalized spacial score (nSPS) is 19.6. The molecule has 0 aromatic rings. The van der Waals surface area contributed by atoms with E-state index in [0.29, 0.717) is 5.92 Å². The van der Waals surface area contributed by atoms with Crippen molar-refractivity contribution in [3.05, 3.63) is 0 Å². The van der Waals surface area contributed by atoms with Gasteiger partial charge in [0.1, 0.15) is 6.54 Å². The average Bonchev–Trinajstić information content (AvgIpc) is 2.89. The van der Waals surface area contributed by atoms with Gasteiger partial charge in [-0.05, 0) is 38.8 Å². The zero-order valence-electron chi connectivity index (χ0n) is 14.0. The average molecular weight is 297 g/mol. The van der Waals surface area contributed by atoms with E-state index in [4.69, 9.17) is 0 Å². The molecule has 1 saturated heterocycles. The first kappa shape index (κ1) is 17.8. The number of hydrogen-bond donors (Lipinski definition) is 2. The number of aliphatic imine (C=N–C) groups is 1. The maximum absolute atomic E-state index is 11.6. The van der Waals surface area contributed by atoms with Crippen molar-refractivity contribution in [3.63, 3.8) is 0 Å². The second kappa shape index (κ2) is 9.60. The summed E-state index contributed by atoms with van der Waals surface area (Å²) in [5, 5.41) is 6.55. The fourth-order valence-corrected chi connectivity index (χ4v) is 2.47.